The summed E-state index contributed by atoms with van der Waals surface area (Å²) in [5, 5.41) is 19.1. The van der Waals surface area contributed by atoms with Gasteiger partial charge < -0.3 is 20.8 Å². The molecule has 0 bridgehead atoms. The first kappa shape index (κ1) is 13.7. The molecule has 1 amide bonds. The summed E-state index contributed by atoms with van der Waals surface area (Å²) in [6.07, 6.45) is 0. The second-order valence-electron chi connectivity index (χ2n) is 4.31. The predicted octanol–water partition coefficient (Wildman–Crippen LogP) is 2.35. The molecule has 2 rings (SSSR count). The summed E-state index contributed by atoms with van der Waals surface area (Å²) in [4.78, 5) is 14.0. The molecule has 2 aromatic carbocycles. The Morgan fingerprint density at radius 2 is 1.90 bits per heavy atom. The van der Waals surface area contributed by atoms with E-state index in [-0.39, 0.29) is 23.0 Å². The number of phenolic OH excluding ortho intramolecular Hbond substituents is 2. The van der Waals surface area contributed by atoms with Crippen LogP contribution in [0.4, 0.5) is 11.4 Å². The van der Waals surface area contributed by atoms with Gasteiger partial charge >= 0.3 is 0 Å². The molecular formula is C15H16N2O3. The number of nitrogens with two attached hydrogens (primary N) is 1. The van der Waals surface area contributed by atoms with E-state index >= 15 is 0 Å². The van der Waals surface area contributed by atoms with E-state index in [9.17, 15) is 15.0 Å². The van der Waals surface area contributed by atoms with E-state index in [1.165, 1.54) is 17.0 Å². The number of hydrogen-bond donors (Lipinski definition) is 3. The normalized spacial score (nSPS) is 10.2. The van der Waals surface area contributed by atoms with Crippen molar-refractivity contribution in [2.45, 2.75) is 6.92 Å². The first-order valence-electron chi connectivity index (χ1n) is 6.23. The summed E-state index contributed by atoms with van der Waals surface area (Å²) < 4.78 is 0. The van der Waals surface area contributed by atoms with Gasteiger partial charge in [-0.05, 0) is 31.2 Å². The van der Waals surface area contributed by atoms with Crippen molar-refractivity contribution in [1.82, 2.24) is 0 Å². The molecule has 5 nitrogen and oxygen atoms in total. The number of nitrogen functional groups attached to an aromatic ring is 1. The number of carbonyl (C=O) groups excluding carboxylic acids is 1. The standard InChI is InChI=1S/C15H16N2O3/c1-2-17(13-6-4-3-5-12(13)16)15(20)11-8-7-10(18)9-14(11)19/h3-9,18-19H,2,16H2,1H3. The van der Waals surface area contributed by atoms with Gasteiger partial charge in [0.15, 0.2) is 0 Å². The van der Waals surface area contributed by atoms with Crippen LogP contribution in [0.25, 0.3) is 0 Å². The number of hydrogen-bond acceptors (Lipinski definition) is 4. The number of benzene rings is 2. The molecule has 0 radical (unpaired) electrons. The number of aromatic hydroxyl groups is 2. The Bertz CT molecular complexity index is 641. The van der Waals surface area contributed by atoms with Crippen molar-refractivity contribution >= 4 is 17.3 Å². The van der Waals surface area contributed by atoms with Gasteiger partial charge in [-0.25, -0.2) is 0 Å². The van der Waals surface area contributed by atoms with Crippen LogP contribution in [0, 0.1) is 0 Å². The van der Waals surface area contributed by atoms with Crippen LogP contribution < -0.4 is 10.6 Å². The van der Waals surface area contributed by atoms with Gasteiger partial charge in [0, 0.05) is 12.6 Å². The summed E-state index contributed by atoms with van der Waals surface area (Å²) >= 11 is 0. The Kier molecular flexibility index (Phi) is 3.79. The van der Waals surface area contributed by atoms with Gasteiger partial charge in [0.2, 0.25) is 0 Å². The number of carbonyl (C=O) groups is 1. The minimum Gasteiger partial charge on any atom is -0.508 e. The van der Waals surface area contributed by atoms with Crippen LogP contribution in [0.5, 0.6) is 11.5 Å². The summed E-state index contributed by atoms with van der Waals surface area (Å²) in [6.45, 7) is 2.23. The second-order valence-corrected chi connectivity index (χ2v) is 4.31. The zero-order valence-electron chi connectivity index (χ0n) is 11.1. The molecule has 0 aliphatic heterocycles. The SMILES string of the molecule is CCN(C(=O)c1ccc(O)cc1O)c1ccccc1N. The summed E-state index contributed by atoms with van der Waals surface area (Å²) in [6, 6.07) is 10.9. The molecule has 0 aliphatic carbocycles. The highest BCUT2D eigenvalue weighted by Crippen LogP contribution is 2.28. The monoisotopic (exact) mass is 272 g/mol. The zero-order valence-corrected chi connectivity index (χ0v) is 11.1. The van der Waals surface area contributed by atoms with Gasteiger partial charge in [-0.1, -0.05) is 12.1 Å². The molecule has 0 saturated carbocycles. The van der Waals surface area contributed by atoms with E-state index in [0.717, 1.165) is 6.07 Å². The number of nitrogens with zero attached hydrogens (tertiary/aromatic N) is 1. The minimum absolute atomic E-state index is 0.0960. The fourth-order valence-electron chi connectivity index (χ4n) is 2.00. The third-order valence-electron chi connectivity index (χ3n) is 3.00. The van der Waals surface area contributed by atoms with E-state index in [4.69, 9.17) is 5.73 Å². The number of para-hydroxylation sites is 2. The van der Waals surface area contributed by atoms with E-state index in [2.05, 4.69) is 0 Å². The molecule has 0 spiro atoms. The van der Waals surface area contributed by atoms with Gasteiger partial charge in [0.1, 0.15) is 11.5 Å². The fraction of sp³-hybridized carbons (Fsp3) is 0.133. The molecular weight excluding hydrogens is 256 g/mol. The summed E-state index contributed by atoms with van der Waals surface area (Å²) in [7, 11) is 0. The lowest BCUT2D eigenvalue weighted by atomic mass is 10.1. The molecule has 0 aromatic heterocycles. The topological polar surface area (TPSA) is 86.8 Å². The predicted molar refractivity (Wildman–Crippen MR) is 78.0 cm³/mol. The first-order chi connectivity index (χ1) is 9.54. The fourth-order valence-corrected chi connectivity index (χ4v) is 2.00. The molecule has 4 N–H and O–H groups in total. The third-order valence-corrected chi connectivity index (χ3v) is 3.00. The molecule has 2 aromatic rings. The first-order valence-corrected chi connectivity index (χ1v) is 6.23. The van der Waals surface area contributed by atoms with Crippen LogP contribution in [0.3, 0.4) is 0 Å². The van der Waals surface area contributed by atoms with Gasteiger partial charge in [-0.15, -0.1) is 0 Å². The van der Waals surface area contributed by atoms with Crippen LogP contribution in [-0.4, -0.2) is 22.7 Å². The summed E-state index contributed by atoms with van der Waals surface area (Å²) in [5.41, 5.74) is 7.07. The Hall–Kier alpha value is -2.69. The lowest BCUT2D eigenvalue weighted by Gasteiger charge is -2.23. The van der Waals surface area contributed by atoms with Crippen LogP contribution in [0.1, 0.15) is 17.3 Å². The molecule has 20 heavy (non-hydrogen) atoms. The summed E-state index contributed by atoms with van der Waals surface area (Å²) in [5.74, 6) is -0.729. The highest BCUT2D eigenvalue weighted by atomic mass is 16.3. The van der Waals surface area contributed by atoms with Gasteiger partial charge in [0.25, 0.3) is 5.91 Å². The molecule has 0 saturated heterocycles. The molecule has 5 heteroatoms. The van der Waals surface area contributed by atoms with Crippen LogP contribution in [0.15, 0.2) is 42.5 Å². The lowest BCUT2D eigenvalue weighted by Crippen LogP contribution is -2.31. The Morgan fingerprint density at radius 1 is 1.20 bits per heavy atom. The largest absolute Gasteiger partial charge is 0.508 e. The van der Waals surface area contributed by atoms with Gasteiger partial charge in [-0.2, -0.15) is 0 Å². The van der Waals surface area contributed by atoms with E-state index < -0.39 is 0 Å². The van der Waals surface area contributed by atoms with Crippen LogP contribution in [0.2, 0.25) is 0 Å². The molecule has 104 valence electrons. The molecule has 0 unspecified atom stereocenters. The van der Waals surface area contributed by atoms with E-state index in [0.29, 0.717) is 17.9 Å². The highest BCUT2D eigenvalue weighted by Gasteiger charge is 2.20. The number of rotatable bonds is 3. The second kappa shape index (κ2) is 5.52. The van der Waals surface area contributed by atoms with Crippen molar-refractivity contribution in [1.29, 1.82) is 0 Å². The number of phenols is 2. The maximum absolute atomic E-state index is 12.5. The Morgan fingerprint density at radius 3 is 2.50 bits per heavy atom. The molecule has 0 atom stereocenters. The maximum Gasteiger partial charge on any atom is 0.262 e. The average molecular weight is 272 g/mol. The van der Waals surface area contributed by atoms with Crippen molar-refractivity contribution in [3.8, 4) is 11.5 Å². The van der Waals surface area contributed by atoms with Crippen molar-refractivity contribution in [2.75, 3.05) is 17.2 Å². The minimum atomic E-state index is -0.372. The van der Waals surface area contributed by atoms with Gasteiger partial charge in [0.05, 0.1) is 16.9 Å². The zero-order chi connectivity index (χ0) is 14.7. The van der Waals surface area contributed by atoms with Crippen molar-refractivity contribution in [3.05, 3.63) is 48.0 Å². The van der Waals surface area contributed by atoms with E-state index in [1.807, 2.05) is 6.92 Å². The van der Waals surface area contributed by atoms with Crippen LogP contribution in [-0.2, 0) is 0 Å². The molecule has 0 aliphatic rings. The van der Waals surface area contributed by atoms with Gasteiger partial charge in [-0.3, -0.25) is 4.79 Å². The number of amides is 1. The Balaban J connectivity index is 2.42. The van der Waals surface area contributed by atoms with Crippen molar-refractivity contribution < 1.29 is 15.0 Å². The third kappa shape index (κ3) is 2.51. The highest BCUT2D eigenvalue weighted by molar-refractivity contribution is 6.09. The smallest absolute Gasteiger partial charge is 0.262 e. The average Bonchev–Trinajstić information content (AvgIpc) is 2.41. The van der Waals surface area contributed by atoms with Crippen molar-refractivity contribution in [3.63, 3.8) is 0 Å². The lowest BCUT2D eigenvalue weighted by molar-refractivity contribution is 0.0986. The maximum atomic E-state index is 12.5. The van der Waals surface area contributed by atoms with Crippen molar-refractivity contribution in [2.24, 2.45) is 0 Å². The van der Waals surface area contributed by atoms with Crippen LogP contribution >= 0.6 is 0 Å². The number of anilines is 2. The Labute approximate surface area is 116 Å². The van der Waals surface area contributed by atoms with E-state index in [1.54, 1.807) is 24.3 Å². The quantitative estimate of drug-likeness (QED) is 0.748. The molecule has 0 fully saturated rings. The molecule has 0 heterocycles.